The van der Waals surface area contributed by atoms with Crippen molar-refractivity contribution >= 4 is 29.2 Å². The van der Waals surface area contributed by atoms with Crippen LogP contribution in [0.4, 0.5) is 16.2 Å². The predicted molar refractivity (Wildman–Crippen MR) is 138 cm³/mol. The van der Waals surface area contributed by atoms with Crippen LogP contribution in [0.25, 0.3) is 0 Å². The van der Waals surface area contributed by atoms with Crippen molar-refractivity contribution in [1.82, 2.24) is 15.1 Å². The summed E-state index contributed by atoms with van der Waals surface area (Å²) >= 11 is 0. The van der Waals surface area contributed by atoms with Gasteiger partial charge in [0, 0.05) is 56.0 Å². The van der Waals surface area contributed by atoms with Crippen LogP contribution in [0.2, 0.25) is 0 Å². The number of benzene rings is 2. The number of rotatable bonds is 3. The van der Waals surface area contributed by atoms with Gasteiger partial charge in [-0.05, 0) is 50.1 Å². The molecule has 2 fully saturated rings. The fourth-order valence-corrected chi connectivity index (χ4v) is 6.23. The second-order valence-corrected chi connectivity index (χ2v) is 11.4. The van der Waals surface area contributed by atoms with Gasteiger partial charge in [-0.1, -0.05) is 6.07 Å². The van der Waals surface area contributed by atoms with Gasteiger partial charge in [0.1, 0.15) is 0 Å². The van der Waals surface area contributed by atoms with E-state index < -0.39 is 39.8 Å². The molecule has 4 aliphatic heterocycles. The molecule has 12 nitrogen and oxygen atoms in total. The number of ether oxygens (including phenoxy) is 2. The van der Waals surface area contributed by atoms with E-state index in [1.807, 2.05) is 23.1 Å². The molecule has 2 atom stereocenters. The molecule has 0 bridgehead atoms. The minimum absolute atomic E-state index is 0.0480. The molecule has 4 amide bonds. The lowest BCUT2D eigenvalue weighted by molar-refractivity contribution is -0.384. The van der Waals surface area contributed by atoms with Gasteiger partial charge in [0.2, 0.25) is 18.6 Å². The first-order valence-corrected chi connectivity index (χ1v) is 12.8. The third kappa shape index (κ3) is 3.89. The summed E-state index contributed by atoms with van der Waals surface area (Å²) in [5, 5.41) is 14.0. The molecule has 1 spiro atoms. The van der Waals surface area contributed by atoms with Crippen LogP contribution in [0.15, 0.2) is 36.4 Å². The quantitative estimate of drug-likeness (QED) is 0.357. The van der Waals surface area contributed by atoms with E-state index in [-0.39, 0.29) is 18.9 Å². The van der Waals surface area contributed by atoms with Crippen molar-refractivity contribution in [2.24, 2.45) is 5.41 Å². The van der Waals surface area contributed by atoms with E-state index >= 15 is 0 Å². The van der Waals surface area contributed by atoms with Crippen LogP contribution >= 0.6 is 0 Å². The first-order valence-electron chi connectivity index (χ1n) is 12.8. The number of urea groups is 1. The first-order chi connectivity index (χ1) is 18.5. The summed E-state index contributed by atoms with van der Waals surface area (Å²) in [6.45, 7) is 7.44. The monoisotopic (exact) mass is 535 g/mol. The Hall–Kier alpha value is -4.19. The summed E-state index contributed by atoms with van der Waals surface area (Å²) in [5.41, 5.74) is -0.341. The van der Waals surface area contributed by atoms with Gasteiger partial charge >= 0.3 is 6.03 Å². The zero-order valence-corrected chi connectivity index (χ0v) is 21.9. The van der Waals surface area contributed by atoms with Gasteiger partial charge in [0.15, 0.2) is 16.9 Å². The van der Waals surface area contributed by atoms with E-state index in [1.165, 1.54) is 12.1 Å². The van der Waals surface area contributed by atoms with Crippen LogP contribution in [0.1, 0.15) is 31.9 Å². The number of hydrogen-bond donors (Lipinski definition) is 1. The van der Waals surface area contributed by atoms with E-state index in [9.17, 15) is 24.5 Å². The Morgan fingerprint density at radius 2 is 1.85 bits per heavy atom. The molecule has 0 unspecified atom stereocenters. The van der Waals surface area contributed by atoms with Crippen molar-refractivity contribution in [3.8, 4) is 11.5 Å². The molecule has 12 heteroatoms. The van der Waals surface area contributed by atoms with E-state index in [4.69, 9.17) is 9.47 Å². The Kier molecular flexibility index (Phi) is 5.58. The molecule has 0 saturated carbocycles. The average molecular weight is 536 g/mol. The molecule has 1 N–H and O–H groups in total. The van der Waals surface area contributed by atoms with Crippen molar-refractivity contribution < 1.29 is 28.8 Å². The summed E-state index contributed by atoms with van der Waals surface area (Å²) < 4.78 is 10.9. The molecule has 0 aliphatic carbocycles. The molecule has 2 aromatic carbocycles. The highest BCUT2D eigenvalue weighted by molar-refractivity contribution is 6.20. The Bertz CT molecular complexity index is 1420. The van der Waals surface area contributed by atoms with Crippen LogP contribution in [-0.4, -0.2) is 70.6 Å². The van der Waals surface area contributed by atoms with Crippen LogP contribution < -0.4 is 19.7 Å². The number of anilines is 1. The van der Waals surface area contributed by atoms with E-state index in [0.29, 0.717) is 43.2 Å². The van der Waals surface area contributed by atoms with Crippen molar-refractivity contribution in [2.75, 3.05) is 31.3 Å². The molecule has 39 heavy (non-hydrogen) atoms. The van der Waals surface area contributed by atoms with E-state index in [1.54, 1.807) is 26.8 Å². The molecular weight excluding hydrogens is 506 g/mol. The average Bonchev–Trinajstić information content (AvgIpc) is 3.34. The largest absolute Gasteiger partial charge is 0.454 e. The molecule has 4 aliphatic rings. The number of nitro benzene ring substituents is 1. The lowest BCUT2D eigenvalue weighted by Gasteiger charge is -2.56. The van der Waals surface area contributed by atoms with Gasteiger partial charge in [0.05, 0.1) is 11.0 Å². The topological polar surface area (TPSA) is 135 Å². The molecule has 0 aromatic heterocycles. The summed E-state index contributed by atoms with van der Waals surface area (Å²) in [4.78, 5) is 57.3. The highest BCUT2D eigenvalue weighted by Gasteiger charge is 2.64. The number of nitro groups is 1. The lowest BCUT2D eigenvalue weighted by atomic mass is 9.67. The minimum atomic E-state index is -1.64. The number of hydrogen-bond acceptors (Lipinski definition) is 9. The second-order valence-electron chi connectivity index (χ2n) is 11.4. The summed E-state index contributed by atoms with van der Waals surface area (Å²) in [5.74, 6) is 0.116. The number of carbonyl (C=O) groups excluding carboxylic acids is 3. The number of imide groups is 2. The molecule has 4 heterocycles. The van der Waals surface area contributed by atoms with Gasteiger partial charge in [-0.25, -0.2) is 4.79 Å². The molecule has 6 rings (SSSR count). The number of carbonyl (C=O) groups is 3. The Balaban J connectivity index is 1.41. The number of amides is 4. The van der Waals surface area contributed by atoms with Crippen LogP contribution in [-0.2, 0) is 22.6 Å². The summed E-state index contributed by atoms with van der Waals surface area (Å²) in [6.07, 6.45) is -0.0480. The van der Waals surface area contributed by atoms with Crippen molar-refractivity contribution in [2.45, 2.75) is 45.3 Å². The van der Waals surface area contributed by atoms with Crippen LogP contribution in [0.5, 0.6) is 11.5 Å². The molecular formula is C27H29N5O7. The second kappa shape index (κ2) is 8.67. The number of fused-ring (bicyclic) bond motifs is 5. The zero-order valence-electron chi connectivity index (χ0n) is 21.9. The standard InChI is InChI=1S/C27H29N5O7/c1-26(2,3)31-24(34)27(23(33)28-25(31)35)12-17-11-18(32(36)37)5-6-19(17)30-9-8-29(14-22(27)30)13-16-4-7-20-21(10-16)39-15-38-20/h4-7,10-11,22H,8-9,12-15H2,1-3H3,(H,28,33,35)/t22-,27+/m0/s1. The summed E-state index contributed by atoms with van der Waals surface area (Å²) in [7, 11) is 0. The van der Waals surface area contributed by atoms with Gasteiger partial charge in [-0.15, -0.1) is 0 Å². The third-order valence-electron chi connectivity index (χ3n) is 8.01. The fraction of sp³-hybridized carbons (Fsp3) is 0.444. The number of barbiturate groups is 1. The van der Waals surface area contributed by atoms with Gasteiger partial charge in [0.25, 0.3) is 5.69 Å². The number of piperazine rings is 1. The van der Waals surface area contributed by atoms with Crippen LogP contribution in [0, 0.1) is 15.5 Å². The van der Waals surface area contributed by atoms with E-state index in [2.05, 4.69) is 10.2 Å². The van der Waals surface area contributed by atoms with Crippen LogP contribution in [0.3, 0.4) is 0 Å². The highest BCUT2D eigenvalue weighted by atomic mass is 16.7. The van der Waals surface area contributed by atoms with Crippen molar-refractivity contribution in [3.63, 3.8) is 0 Å². The van der Waals surface area contributed by atoms with E-state index in [0.717, 1.165) is 16.2 Å². The number of nitrogens with one attached hydrogen (secondary N) is 1. The molecule has 204 valence electrons. The van der Waals surface area contributed by atoms with Crippen molar-refractivity contribution in [3.05, 3.63) is 57.6 Å². The maximum atomic E-state index is 14.3. The molecule has 2 aromatic rings. The zero-order chi connectivity index (χ0) is 27.7. The third-order valence-corrected chi connectivity index (χ3v) is 8.01. The van der Waals surface area contributed by atoms with Gasteiger partial charge < -0.3 is 14.4 Å². The fourth-order valence-electron chi connectivity index (χ4n) is 6.23. The normalized spacial score (nSPS) is 24.5. The first kappa shape index (κ1) is 25.1. The lowest BCUT2D eigenvalue weighted by Crippen LogP contribution is -2.76. The van der Waals surface area contributed by atoms with Crippen molar-refractivity contribution in [1.29, 1.82) is 0 Å². The predicted octanol–water partition coefficient (Wildman–Crippen LogP) is 2.43. The Morgan fingerprint density at radius 3 is 2.59 bits per heavy atom. The number of nitrogens with zero attached hydrogens (tertiary/aromatic N) is 4. The maximum absolute atomic E-state index is 14.3. The number of non-ortho nitro benzene ring substituents is 1. The SMILES string of the molecule is CC(C)(C)N1C(=O)NC(=O)[C@]2(Cc3cc([N+](=O)[O-])ccc3N3CCN(Cc4ccc5c(c4)OCO5)C[C@H]32)C1=O. The van der Waals surface area contributed by atoms with Gasteiger partial charge in [-0.3, -0.25) is 34.8 Å². The molecule has 0 radical (unpaired) electrons. The smallest absolute Gasteiger partial charge is 0.331 e. The summed E-state index contributed by atoms with van der Waals surface area (Å²) in [6, 6.07) is 8.97. The molecule has 2 saturated heterocycles. The van der Waals surface area contributed by atoms with Gasteiger partial charge in [-0.2, -0.15) is 0 Å². The highest BCUT2D eigenvalue weighted by Crippen LogP contribution is 2.47. The Labute approximate surface area is 224 Å². The minimum Gasteiger partial charge on any atom is -0.454 e. The maximum Gasteiger partial charge on any atom is 0.331 e. The Morgan fingerprint density at radius 1 is 1.08 bits per heavy atom.